The third kappa shape index (κ3) is 4.28. The fourth-order valence-electron chi connectivity index (χ4n) is 2.73. The monoisotopic (exact) mass is 366 g/mol. The summed E-state index contributed by atoms with van der Waals surface area (Å²) in [5.41, 5.74) is 1.55. The highest BCUT2D eigenvalue weighted by atomic mass is 16.5. The van der Waals surface area contributed by atoms with Gasteiger partial charge in [0.25, 0.3) is 5.91 Å². The minimum Gasteiger partial charge on any atom is -0.497 e. The maximum atomic E-state index is 12.8. The number of hydrogen-bond donors (Lipinski definition) is 2. The van der Waals surface area contributed by atoms with Gasteiger partial charge in [-0.1, -0.05) is 25.5 Å². The SMILES string of the molecule is CCCCC(=O)Nc1c(C(=O)Nc2ccc(OC)cc2)oc2ccccc12. The highest BCUT2D eigenvalue weighted by molar-refractivity contribution is 6.14. The molecule has 0 saturated carbocycles. The van der Waals surface area contributed by atoms with E-state index in [2.05, 4.69) is 10.6 Å². The zero-order valence-electron chi connectivity index (χ0n) is 15.4. The maximum absolute atomic E-state index is 12.8. The van der Waals surface area contributed by atoms with E-state index >= 15 is 0 Å². The third-order valence-corrected chi connectivity index (χ3v) is 4.17. The molecule has 0 spiro atoms. The molecule has 2 N–H and O–H groups in total. The standard InChI is InChI=1S/C21H22N2O4/c1-3-4-9-18(24)23-19-16-7-5-6-8-17(16)27-20(19)21(25)22-14-10-12-15(26-2)13-11-14/h5-8,10-13H,3-4,9H2,1-2H3,(H,22,25)(H,23,24). The van der Waals surface area contributed by atoms with Gasteiger partial charge in [0.2, 0.25) is 11.7 Å². The summed E-state index contributed by atoms with van der Waals surface area (Å²) in [4.78, 5) is 25.0. The summed E-state index contributed by atoms with van der Waals surface area (Å²) in [5.74, 6) is 0.210. The second-order valence-corrected chi connectivity index (χ2v) is 6.14. The van der Waals surface area contributed by atoms with Crippen molar-refractivity contribution in [3.8, 4) is 5.75 Å². The summed E-state index contributed by atoms with van der Waals surface area (Å²) in [7, 11) is 1.58. The highest BCUT2D eigenvalue weighted by Gasteiger charge is 2.22. The Bertz CT molecular complexity index is 944. The van der Waals surface area contributed by atoms with Crippen molar-refractivity contribution in [2.24, 2.45) is 0 Å². The van der Waals surface area contributed by atoms with E-state index in [9.17, 15) is 9.59 Å². The lowest BCUT2D eigenvalue weighted by atomic mass is 10.2. The Morgan fingerprint density at radius 2 is 1.78 bits per heavy atom. The number of nitrogens with one attached hydrogen (secondary N) is 2. The highest BCUT2D eigenvalue weighted by Crippen LogP contribution is 2.31. The molecule has 1 heterocycles. The number of furan rings is 1. The third-order valence-electron chi connectivity index (χ3n) is 4.17. The van der Waals surface area contributed by atoms with Crippen LogP contribution in [0.2, 0.25) is 0 Å². The number of amides is 2. The molecule has 2 amide bonds. The molecule has 3 rings (SSSR count). The molecule has 0 aliphatic carbocycles. The van der Waals surface area contributed by atoms with E-state index in [-0.39, 0.29) is 11.7 Å². The van der Waals surface area contributed by atoms with Crippen LogP contribution in [0, 0.1) is 0 Å². The molecule has 2 aromatic carbocycles. The smallest absolute Gasteiger partial charge is 0.293 e. The minimum absolute atomic E-state index is 0.0804. The molecule has 6 heteroatoms. The van der Waals surface area contributed by atoms with Crippen molar-refractivity contribution in [2.45, 2.75) is 26.2 Å². The average Bonchev–Trinajstić information content (AvgIpc) is 3.05. The quantitative estimate of drug-likeness (QED) is 0.628. The number of rotatable bonds is 7. The number of benzene rings is 2. The van der Waals surface area contributed by atoms with Gasteiger partial charge in [-0.25, -0.2) is 0 Å². The van der Waals surface area contributed by atoms with Crippen LogP contribution < -0.4 is 15.4 Å². The molecule has 0 saturated heterocycles. The molecule has 27 heavy (non-hydrogen) atoms. The van der Waals surface area contributed by atoms with Gasteiger partial charge in [0, 0.05) is 17.5 Å². The number of anilines is 2. The van der Waals surface area contributed by atoms with E-state index in [1.165, 1.54) is 0 Å². The number of unbranched alkanes of at least 4 members (excludes halogenated alkanes) is 1. The van der Waals surface area contributed by atoms with Crippen LogP contribution in [-0.2, 0) is 4.79 Å². The first-order chi connectivity index (χ1) is 13.1. The van der Waals surface area contributed by atoms with Gasteiger partial charge < -0.3 is 19.8 Å². The Morgan fingerprint density at radius 3 is 2.48 bits per heavy atom. The van der Waals surface area contributed by atoms with E-state index in [4.69, 9.17) is 9.15 Å². The van der Waals surface area contributed by atoms with Gasteiger partial charge in [-0.3, -0.25) is 9.59 Å². The summed E-state index contributed by atoms with van der Waals surface area (Å²) in [6.07, 6.45) is 2.11. The van der Waals surface area contributed by atoms with Crippen LogP contribution >= 0.6 is 0 Å². The van der Waals surface area contributed by atoms with E-state index < -0.39 is 5.91 Å². The summed E-state index contributed by atoms with van der Waals surface area (Å²) in [6.45, 7) is 2.02. The number of carbonyl (C=O) groups excluding carboxylic acids is 2. The van der Waals surface area contributed by atoms with Crippen molar-refractivity contribution in [2.75, 3.05) is 17.7 Å². The molecule has 0 aliphatic rings. The maximum Gasteiger partial charge on any atom is 0.293 e. The summed E-state index contributed by atoms with van der Waals surface area (Å²) < 4.78 is 10.8. The van der Waals surface area contributed by atoms with E-state index in [0.717, 1.165) is 12.8 Å². The molecular weight excluding hydrogens is 344 g/mol. The van der Waals surface area contributed by atoms with Crippen LogP contribution in [-0.4, -0.2) is 18.9 Å². The van der Waals surface area contributed by atoms with Gasteiger partial charge >= 0.3 is 0 Å². The lowest BCUT2D eigenvalue weighted by molar-refractivity contribution is -0.116. The summed E-state index contributed by atoms with van der Waals surface area (Å²) >= 11 is 0. The fourth-order valence-corrected chi connectivity index (χ4v) is 2.73. The van der Waals surface area contributed by atoms with Gasteiger partial charge in [0.1, 0.15) is 17.0 Å². The van der Waals surface area contributed by atoms with E-state index in [1.807, 2.05) is 25.1 Å². The first kappa shape index (κ1) is 18.5. The first-order valence-electron chi connectivity index (χ1n) is 8.89. The molecule has 3 aromatic rings. The average molecular weight is 366 g/mol. The number of para-hydroxylation sites is 1. The molecule has 140 valence electrons. The lowest BCUT2D eigenvalue weighted by Gasteiger charge is -2.08. The van der Waals surface area contributed by atoms with Crippen molar-refractivity contribution < 1.29 is 18.7 Å². The Kier molecular flexibility index (Phi) is 5.76. The van der Waals surface area contributed by atoms with E-state index in [1.54, 1.807) is 37.4 Å². The number of carbonyl (C=O) groups is 2. The molecule has 1 aromatic heterocycles. The van der Waals surface area contributed by atoms with Crippen molar-refractivity contribution >= 4 is 34.2 Å². The molecule has 0 unspecified atom stereocenters. The lowest BCUT2D eigenvalue weighted by Crippen LogP contribution is -2.16. The molecule has 0 fully saturated rings. The van der Waals surface area contributed by atoms with E-state index in [0.29, 0.717) is 34.5 Å². The van der Waals surface area contributed by atoms with Crippen LogP contribution in [0.25, 0.3) is 11.0 Å². The van der Waals surface area contributed by atoms with Crippen LogP contribution in [0.4, 0.5) is 11.4 Å². The van der Waals surface area contributed by atoms with Gasteiger partial charge in [-0.15, -0.1) is 0 Å². The molecule has 0 bridgehead atoms. The van der Waals surface area contributed by atoms with Crippen molar-refractivity contribution in [1.82, 2.24) is 0 Å². The normalized spacial score (nSPS) is 10.6. The molecule has 6 nitrogen and oxygen atoms in total. The van der Waals surface area contributed by atoms with Gasteiger partial charge in [-0.2, -0.15) is 0 Å². The Labute approximate surface area is 157 Å². The number of hydrogen-bond acceptors (Lipinski definition) is 4. The summed E-state index contributed by atoms with van der Waals surface area (Å²) in [6, 6.07) is 14.2. The van der Waals surface area contributed by atoms with Gasteiger partial charge in [0.15, 0.2) is 0 Å². The van der Waals surface area contributed by atoms with Gasteiger partial charge in [0.05, 0.1) is 7.11 Å². The van der Waals surface area contributed by atoms with Crippen LogP contribution in [0.5, 0.6) is 5.75 Å². The van der Waals surface area contributed by atoms with Crippen molar-refractivity contribution in [1.29, 1.82) is 0 Å². The topological polar surface area (TPSA) is 80.6 Å². The molecule has 0 radical (unpaired) electrons. The predicted molar refractivity (Wildman–Crippen MR) is 105 cm³/mol. The molecular formula is C21H22N2O4. The predicted octanol–water partition coefficient (Wildman–Crippen LogP) is 4.82. The van der Waals surface area contributed by atoms with Crippen molar-refractivity contribution in [3.05, 3.63) is 54.3 Å². The van der Waals surface area contributed by atoms with Crippen LogP contribution in [0.15, 0.2) is 52.9 Å². The fraction of sp³-hybridized carbons (Fsp3) is 0.238. The number of fused-ring (bicyclic) bond motifs is 1. The second kappa shape index (κ2) is 8.40. The minimum atomic E-state index is -0.429. The first-order valence-corrected chi connectivity index (χ1v) is 8.89. The largest absolute Gasteiger partial charge is 0.497 e. The van der Waals surface area contributed by atoms with Crippen LogP contribution in [0.1, 0.15) is 36.7 Å². The zero-order chi connectivity index (χ0) is 19.2. The summed E-state index contributed by atoms with van der Waals surface area (Å²) in [5, 5.41) is 6.32. The van der Waals surface area contributed by atoms with Crippen molar-refractivity contribution in [3.63, 3.8) is 0 Å². The van der Waals surface area contributed by atoms with Crippen LogP contribution in [0.3, 0.4) is 0 Å². The Hall–Kier alpha value is -3.28. The Balaban J connectivity index is 1.88. The molecule has 0 aliphatic heterocycles. The number of ether oxygens (including phenoxy) is 1. The Morgan fingerprint density at radius 1 is 1.04 bits per heavy atom. The molecule has 0 atom stereocenters. The van der Waals surface area contributed by atoms with Gasteiger partial charge in [-0.05, 0) is 42.8 Å². The zero-order valence-corrected chi connectivity index (χ0v) is 15.4. The number of methoxy groups -OCH3 is 1. The second-order valence-electron chi connectivity index (χ2n) is 6.14.